The van der Waals surface area contributed by atoms with Crippen molar-refractivity contribution in [3.8, 4) is 0 Å². The van der Waals surface area contributed by atoms with Crippen molar-refractivity contribution in [3.05, 3.63) is 86.9 Å². The summed E-state index contributed by atoms with van der Waals surface area (Å²) in [4.78, 5) is 12.8. The van der Waals surface area contributed by atoms with Crippen molar-refractivity contribution in [3.63, 3.8) is 0 Å². The van der Waals surface area contributed by atoms with E-state index in [2.05, 4.69) is 5.32 Å². The number of benzene rings is 3. The lowest BCUT2D eigenvalue weighted by molar-refractivity contribution is -0.114. The maximum Gasteiger partial charge on any atom is 0.264 e. The minimum Gasteiger partial charge on any atom is -0.324 e. The zero-order chi connectivity index (χ0) is 22.8. The van der Waals surface area contributed by atoms with Gasteiger partial charge < -0.3 is 5.32 Å². The molecule has 0 aromatic heterocycles. The molecule has 162 valence electrons. The third-order valence-electron chi connectivity index (χ3n) is 4.61. The van der Waals surface area contributed by atoms with Crippen molar-refractivity contribution in [1.82, 2.24) is 0 Å². The monoisotopic (exact) mass is 496 g/mol. The third-order valence-corrected chi connectivity index (χ3v) is 7.09. The molecule has 5 nitrogen and oxygen atoms in total. The summed E-state index contributed by atoms with van der Waals surface area (Å²) in [5.41, 5.74) is 2.64. The van der Waals surface area contributed by atoms with Gasteiger partial charge in [0.2, 0.25) is 5.91 Å². The number of amides is 1. The van der Waals surface area contributed by atoms with Crippen molar-refractivity contribution < 1.29 is 13.2 Å². The van der Waals surface area contributed by atoms with E-state index in [4.69, 9.17) is 34.8 Å². The molecule has 9 heteroatoms. The van der Waals surface area contributed by atoms with Gasteiger partial charge in [0.15, 0.2) is 0 Å². The van der Waals surface area contributed by atoms with Crippen LogP contribution in [0.3, 0.4) is 0 Å². The Kier molecular flexibility index (Phi) is 7.17. The lowest BCUT2D eigenvalue weighted by Crippen LogP contribution is -2.38. The fourth-order valence-corrected chi connectivity index (χ4v) is 4.95. The summed E-state index contributed by atoms with van der Waals surface area (Å²) in [6, 6.07) is 15.6. The quantitative estimate of drug-likeness (QED) is 0.447. The first kappa shape index (κ1) is 23.4. The summed E-state index contributed by atoms with van der Waals surface area (Å²) in [6.45, 7) is 3.35. The molecule has 0 aliphatic carbocycles. The Morgan fingerprint density at radius 2 is 1.45 bits per heavy atom. The Morgan fingerprint density at radius 3 is 2.03 bits per heavy atom. The van der Waals surface area contributed by atoms with Crippen LogP contribution in [0.4, 0.5) is 11.4 Å². The Balaban J connectivity index is 1.98. The molecule has 3 rings (SSSR count). The SMILES string of the molecule is Cc1ccc(N(CC(=O)Nc2cc(Cl)cc(Cl)c2)S(=O)(=O)c2ccc(Cl)cc2)cc1C. The van der Waals surface area contributed by atoms with E-state index in [1.807, 2.05) is 19.9 Å². The number of halogens is 3. The molecule has 0 heterocycles. The van der Waals surface area contributed by atoms with Gasteiger partial charge in [-0.2, -0.15) is 0 Å². The minimum atomic E-state index is -4.04. The number of carbonyl (C=O) groups excluding carboxylic acids is 1. The van der Waals surface area contributed by atoms with E-state index in [1.165, 1.54) is 42.5 Å². The number of sulfonamides is 1. The molecule has 3 aromatic carbocycles. The highest BCUT2D eigenvalue weighted by Crippen LogP contribution is 2.27. The van der Waals surface area contributed by atoms with E-state index in [0.29, 0.717) is 26.4 Å². The van der Waals surface area contributed by atoms with Crippen LogP contribution in [0.5, 0.6) is 0 Å². The largest absolute Gasteiger partial charge is 0.324 e. The number of aryl methyl sites for hydroxylation is 2. The van der Waals surface area contributed by atoms with Crippen molar-refractivity contribution in [2.45, 2.75) is 18.7 Å². The number of nitrogens with zero attached hydrogens (tertiary/aromatic N) is 1. The van der Waals surface area contributed by atoms with Gasteiger partial charge in [-0.1, -0.05) is 40.9 Å². The number of rotatable bonds is 6. The maximum atomic E-state index is 13.4. The zero-order valence-electron chi connectivity index (χ0n) is 16.7. The van der Waals surface area contributed by atoms with Gasteiger partial charge in [0.1, 0.15) is 6.54 Å². The van der Waals surface area contributed by atoms with Crippen LogP contribution in [0.25, 0.3) is 0 Å². The molecule has 0 bridgehead atoms. The fourth-order valence-electron chi connectivity index (χ4n) is 2.89. The van der Waals surface area contributed by atoms with Crippen LogP contribution in [0.15, 0.2) is 65.6 Å². The number of hydrogen-bond acceptors (Lipinski definition) is 3. The highest BCUT2D eigenvalue weighted by Gasteiger charge is 2.27. The van der Waals surface area contributed by atoms with Gasteiger partial charge in [0.05, 0.1) is 10.6 Å². The van der Waals surface area contributed by atoms with Crippen LogP contribution < -0.4 is 9.62 Å². The lowest BCUT2D eigenvalue weighted by atomic mass is 10.1. The van der Waals surface area contributed by atoms with Gasteiger partial charge in [-0.3, -0.25) is 9.10 Å². The molecular weight excluding hydrogens is 479 g/mol. The number of carbonyl (C=O) groups is 1. The molecule has 0 saturated carbocycles. The van der Waals surface area contributed by atoms with Gasteiger partial charge >= 0.3 is 0 Å². The van der Waals surface area contributed by atoms with E-state index in [-0.39, 0.29) is 4.90 Å². The molecule has 31 heavy (non-hydrogen) atoms. The highest BCUT2D eigenvalue weighted by atomic mass is 35.5. The first-order valence-corrected chi connectivity index (χ1v) is 11.7. The van der Waals surface area contributed by atoms with Crippen LogP contribution in [-0.4, -0.2) is 20.9 Å². The lowest BCUT2D eigenvalue weighted by Gasteiger charge is -2.25. The van der Waals surface area contributed by atoms with Crippen LogP contribution in [0, 0.1) is 13.8 Å². The van der Waals surface area contributed by atoms with Crippen molar-refractivity contribution in [2.75, 3.05) is 16.2 Å². The Bertz CT molecular complexity index is 1210. The summed E-state index contributed by atoms with van der Waals surface area (Å²) in [7, 11) is -4.04. The molecular formula is C22H19Cl3N2O3S. The van der Waals surface area contributed by atoms with Crippen molar-refractivity contribution >= 4 is 62.1 Å². The summed E-state index contributed by atoms with van der Waals surface area (Å²) < 4.78 is 27.9. The first-order valence-electron chi connectivity index (χ1n) is 9.18. The smallest absolute Gasteiger partial charge is 0.264 e. The van der Waals surface area contributed by atoms with E-state index in [9.17, 15) is 13.2 Å². The number of hydrogen-bond donors (Lipinski definition) is 1. The Labute approximate surface area is 196 Å². The molecule has 0 fully saturated rings. The molecule has 0 atom stereocenters. The van der Waals surface area contributed by atoms with Crippen molar-refractivity contribution in [1.29, 1.82) is 0 Å². The third kappa shape index (κ3) is 5.71. The van der Waals surface area contributed by atoms with Crippen LogP contribution >= 0.6 is 34.8 Å². The Hall–Kier alpha value is -2.25. The van der Waals surface area contributed by atoms with Gasteiger partial charge in [0, 0.05) is 20.8 Å². The summed E-state index contributed by atoms with van der Waals surface area (Å²) in [6.07, 6.45) is 0. The summed E-state index contributed by atoms with van der Waals surface area (Å²) in [5.74, 6) is -0.547. The topological polar surface area (TPSA) is 66.5 Å². The fraction of sp³-hybridized carbons (Fsp3) is 0.136. The number of nitrogens with one attached hydrogen (secondary N) is 1. The predicted octanol–water partition coefficient (Wildman–Crippen LogP) is 6.10. The van der Waals surface area contributed by atoms with Gasteiger partial charge in [-0.25, -0.2) is 8.42 Å². The first-order chi connectivity index (χ1) is 14.6. The van der Waals surface area contributed by atoms with Crippen LogP contribution in [0.2, 0.25) is 15.1 Å². The van der Waals surface area contributed by atoms with Crippen LogP contribution in [0.1, 0.15) is 11.1 Å². The molecule has 0 aliphatic heterocycles. The van der Waals surface area contributed by atoms with Crippen molar-refractivity contribution in [2.24, 2.45) is 0 Å². The standard InChI is InChI=1S/C22H19Cl3N2O3S/c1-14-3-6-20(9-15(14)2)27(31(29,30)21-7-4-16(23)5-8-21)13-22(28)26-19-11-17(24)10-18(25)12-19/h3-12H,13H2,1-2H3,(H,26,28). The molecule has 0 radical (unpaired) electrons. The summed E-state index contributed by atoms with van der Waals surface area (Å²) in [5, 5.41) is 3.76. The van der Waals surface area contributed by atoms with E-state index in [0.717, 1.165) is 15.4 Å². The normalized spacial score (nSPS) is 11.3. The molecule has 0 aliphatic rings. The van der Waals surface area contributed by atoms with Gasteiger partial charge in [-0.05, 0) is 79.6 Å². The maximum absolute atomic E-state index is 13.4. The van der Waals surface area contributed by atoms with E-state index in [1.54, 1.807) is 12.1 Å². The molecule has 3 aromatic rings. The molecule has 0 unspecified atom stereocenters. The molecule has 0 spiro atoms. The second kappa shape index (κ2) is 9.49. The minimum absolute atomic E-state index is 0.0220. The zero-order valence-corrected chi connectivity index (χ0v) is 19.8. The van der Waals surface area contributed by atoms with E-state index >= 15 is 0 Å². The molecule has 1 amide bonds. The van der Waals surface area contributed by atoms with Gasteiger partial charge in [0.25, 0.3) is 10.0 Å². The van der Waals surface area contributed by atoms with Gasteiger partial charge in [-0.15, -0.1) is 0 Å². The number of anilines is 2. The predicted molar refractivity (Wildman–Crippen MR) is 127 cm³/mol. The summed E-state index contributed by atoms with van der Waals surface area (Å²) >= 11 is 17.9. The molecule has 0 saturated heterocycles. The second-order valence-electron chi connectivity index (χ2n) is 6.94. The second-order valence-corrected chi connectivity index (χ2v) is 10.1. The van der Waals surface area contributed by atoms with E-state index < -0.39 is 22.5 Å². The average molecular weight is 498 g/mol. The molecule has 1 N–H and O–H groups in total. The van der Waals surface area contributed by atoms with Crippen LogP contribution in [-0.2, 0) is 14.8 Å². The highest BCUT2D eigenvalue weighted by molar-refractivity contribution is 7.92. The average Bonchev–Trinajstić information content (AvgIpc) is 2.68. The Morgan fingerprint density at radius 1 is 0.839 bits per heavy atom.